The number of imidazole rings is 1. The molecule has 0 amide bonds. The molecule has 3 aromatic rings. The summed E-state index contributed by atoms with van der Waals surface area (Å²) in [4.78, 5) is 13.0. The second-order valence-electron chi connectivity index (χ2n) is 4.75. The van der Waals surface area contributed by atoms with Gasteiger partial charge in [0.15, 0.2) is 11.5 Å². The van der Waals surface area contributed by atoms with Crippen LogP contribution >= 0.6 is 15.9 Å². The Morgan fingerprint density at radius 3 is 3.00 bits per heavy atom. The van der Waals surface area contributed by atoms with Gasteiger partial charge in [-0.05, 0) is 40.9 Å². The maximum atomic E-state index is 8.74. The Bertz CT molecular complexity index is 818. The highest BCUT2D eigenvalue weighted by Crippen LogP contribution is 2.16. The van der Waals surface area contributed by atoms with Gasteiger partial charge in [-0.2, -0.15) is 5.26 Å². The van der Waals surface area contributed by atoms with Crippen LogP contribution in [0.3, 0.4) is 0 Å². The number of nitrogens with one attached hydrogen (secondary N) is 1. The molecule has 0 spiro atoms. The Hall–Kier alpha value is -2.46. The van der Waals surface area contributed by atoms with Crippen LogP contribution in [0.15, 0.2) is 41.5 Å². The first kappa shape index (κ1) is 14.5. The van der Waals surface area contributed by atoms with E-state index < -0.39 is 0 Å². The average molecular weight is 357 g/mol. The highest BCUT2D eigenvalue weighted by atomic mass is 79.9. The van der Waals surface area contributed by atoms with Gasteiger partial charge in [0.05, 0.1) is 5.56 Å². The number of fused-ring (bicyclic) bond motifs is 1. The first-order valence-electron chi connectivity index (χ1n) is 6.84. The van der Waals surface area contributed by atoms with Gasteiger partial charge in [-0.1, -0.05) is 0 Å². The summed E-state index contributed by atoms with van der Waals surface area (Å²) in [7, 11) is 0. The van der Waals surface area contributed by atoms with Gasteiger partial charge in [0.1, 0.15) is 10.7 Å². The summed E-state index contributed by atoms with van der Waals surface area (Å²) in [6, 6.07) is 5.75. The molecule has 0 aliphatic heterocycles. The lowest BCUT2D eigenvalue weighted by atomic mass is 10.2. The third-order valence-electron chi connectivity index (χ3n) is 3.20. The topological polar surface area (TPSA) is 78.9 Å². The first-order valence-corrected chi connectivity index (χ1v) is 7.63. The van der Waals surface area contributed by atoms with Gasteiger partial charge in [-0.25, -0.2) is 9.97 Å². The van der Waals surface area contributed by atoms with Gasteiger partial charge in [-0.15, -0.1) is 0 Å². The Morgan fingerprint density at radius 2 is 2.23 bits per heavy atom. The van der Waals surface area contributed by atoms with Crippen molar-refractivity contribution in [3.05, 3.63) is 52.8 Å². The van der Waals surface area contributed by atoms with Gasteiger partial charge in [0.25, 0.3) is 0 Å². The van der Waals surface area contributed by atoms with Crippen molar-refractivity contribution in [2.45, 2.75) is 12.8 Å². The number of pyridine rings is 1. The summed E-state index contributed by atoms with van der Waals surface area (Å²) in [6.07, 6.45) is 8.86. The molecule has 0 bridgehead atoms. The second-order valence-corrected chi connectivity index (χ2v) is 5.56. The van der Waals surface area contributed by atoms with Crippen LogP contribution < -0.4 is 5.32 Å². The van der Waals surface area contributed by atoms with Crippen molar-refractivity contribution in [2.24, 2.45) is 0 Å². The van der Waals surface area contributed by atoms with Crippen molar-refractivity contribution in [3.8, 4) is 6.07 Å². The standard InChI is InChI=1S/C15H13BrN6/c16-13-10-22-7-6-19-15(22)14(21-13)18-5-1-2-12-4-3-11(8-17)9-20-12/h3-4,6-7,9-10H,1-2,5H2,(H,18,21). The van der Waals surface area contributed by atoms with Crippen LogP contribution in [0, 0.1) is 11.3 Å². The molecule has 6 nitrogen and oxygen atoms in total. The minimum absolute atomic E-state index is 0.585. The molecule has 0 saturated carbocycles. The zero-order valence-corrected chi connectivity index (χ0v) is 13.3. The van der Waals surface area contributed by atoms with E-state index in [9.17, 15) is 0 Å². The Kier molecular flexibility index (Phi) is 4.30. The summed E-state index contributed by atoms with van der Waals surface area (Å²) in [5, 5.41) is 12.0. The van der Waals surface area contributed by atoms with Gasteiger partial charge < -0.3 is 9.72 Å². The fourth-order valence-corrected chi connectivity index (χ4v) is 2.53. The fourth-order valence-electron chi connectivity index (χ4n) is 2.13. The number of rotatable bonds is 5. The van der Waals surface area contributed by atoms with Gasteiger partial charge in [0.2, 0.25) is 0 Å². The van der Waals surface area contributed by atoms with E-state index in [1.807, 2.05) is 22.9 Å². The van der Waals surface area contributed by atoms with Crippen molar-refractivity contribution in [2.75, 3.05) is 11.9 Å². The molecule has 7 heteroatoms. The third kappa shape index (κ3) is 3.23. The van der Waals surface area contributed by atoms with Gasteiger partial charge in [0, 0.05) is 37.0 Å². The SMILES string of the molecule is N#Cc1ccc(CCCNc2nc(Br)cn3ccnc23)nc1. The Morgan fingerprint density at radius 1 is 1.32 bits per heavy atom. The largest absolute Gasteiger partial charge is 0.367 e. The molecule has 0 aliphatic rings. The number of hydrogen-bond donors (Lipinski definition) is 1. The summed E-state index contributed by atoms with van der Waals surface area (Å²) < 4.78 is 2.68. The molecule has 110 valence electrons. The van der Waals surface area contributed by atoms with Gasteiger partial charge in [-0.3, -0.25) is 4.98 Å². The van der Waals surface area contributed by atoms with Crippen molar-refractivity contribution in [3.63, 3.8) is 0 Å². The van der Waals surface area contributed by atoms with Crippen molar-refractivity contribution in [1.29, 1.82) is 5.26 Å². The lowest BCUT2D eigenvalue weighted by Crippen LogP contribution is -2.07. The summed E-state index contributed by atoms with van der Waals surface area (Å²) in [5.74, 6) is 0.757. The van der Waals surface area contributed by atoms with E-state index in [0.29, 0.717) is 5.56 Å². The third-order valence-corrected chi connectivity index (χ3v) is 3.58. The molecule has 0 saturated heterocycles. The molecule has 0 aliphatic carbocycles. The quantitative estimate of drug-likeness (QED) is 0.711. The molecule has 22 heavy (non-hydrogen) atoms. The van der Waals surface area contributed by atoms with E-state index >= 15 is 0 Å². The molecule has 3 rings (SSSR count). The predicted molar refractivity (Wildman–Crippen MR) is 86.4 cm³/mol. The maximum Gasteiger partial charge on any atom is 0.180 e. The van der Waals surface area contributed by atoms with E-state index in [1.165, 1.54) is 0 Å². The number of nitriles is 1. The van der Waals surface area contributed by atoms with E-state index in [0.717, 1.165) is 41.1 Å². The van der Waals surface area contributed by atoms with Crippen LogP contribution in [0.4, 0.5) is 5.82 Å². The first-order chi connectivity index (χ1) is 10.8. The number of hydrogen-bond acceptors (Lipinski definition) is 5. The molecule has 3 aromatic heterocycles. The van der Waals surface area contributed by atoms with Crippen LogP contribution in [0.25, 0.3) is 5.65 Å². The summed E-state index contributed by atoms with van der Waals surface area (Å²) in [6.45, 7) is 0.771. The van der Waals surface area contributed by atoms with Crippen LogP contribution in [0.5, 0.6) is 0 Å². The highest BCUT2D eigenvalue weighted by Gasteiger charge is 2.05. The Labute approximate surface area is 136 Å². The average Bonchev–Trinajstić information content (AvgIpc) is 3.00. The zero-order valence-electron chi connectivity index (χ0n) is 11.7. The van der Waals surface area contributed by atoms with Crippen molar-refractivity contribution < 1.29 is 0 Å². The molecule has 0 fully saturated rings. The lowest BCUT2D eigenvalue weighted by molar-refractivity contribution is 0.831. The van der Waals surface area contributed by atoms with E-state index in [-0.39, 0.29) is 0 Å². The summed E-state index contributed by atoms with van der Waals surface area (Å²) in [5.41, 5.74) is 2.37. The highest BCUT2D eigenvalue weighted by molar-refractivity contribution is 9.10. The molecule has 0 unspecified atom stereocenters. The Balaban J connectivity index is 1.58. The predicted octanol–water partition coefficient (Wildman–Crippen LogP) is 2.80. The molecule has 3 heterocycles. The van der Waals surface area contributed by atoms with Gasteiger partial charge >= 0.3 is 0 Å². The second kappa shape index (κ2) is 6.54. The van der Waals surface area contributed by atoms with E-state index in [2.05, 4.69) is 42.3 Å². The number of nitrogens with zero attached hydrogens (tertiary/aromatic N) is 5. The molecule has 0 atom stereocenters. The van der Waals surface area contributed by atoms with Crippen LogP contribution in [-0.2, 0) is 6.42 Å². The lowest BCUT2D eigenvalue weighted by Gasteiger charge is -2.07. The molecule has 0 radical (unpaired) electrons. The number of aryl methyl sites for hydroxylation is 1. The maximum absolute atomic E-state index is 8.74. The monoisotopic (exact) mass is 356 g/mol. The summed E-state index contributed by atoms with van der Waals surface area (Å²) >= 11 is 3.39. The number of anilines is 1. The van der Waals surface area contributed by atoms with E-state index in [1.54, 1.807) is 18.5 Å². The van der Waals surface area contributed by atoms with Crippen molar-refractivity contribution in [1.82, 2.24) is 19.4 Å². The van der Waals surface area contributed by atoms with Crippen LogP contribution in [0.1, 0.15) is 17.7 Å². The minimum Gasteiger partial charge on any atom is -0.367 e. The molecular formula is C15H13BrN6. The molecule has 0 aromatic carbocycles. The number of halogens is 1. The van der Waals surface area contributed by atoms with E-state index in [4.69, 9.17) is 5.26 Å². The van der Waals surface area contributed by atoms with Crippen molar-refractivity contribution >= 4 is 27.4 Å². The molecular weight excluding hydrogens is 344 g/mol. The normalized spacial score (nSPS) is 10.5. The smallest absolute Gasteiger partial charge is 0.180 e. The minimum atomic E-state index is 0.585. The number of aromatic nitrogens is 4. The molecule has 1 N–H and O–H groups in total. The zero-order chi connectivity index (χ0) is 15.4. The van der Waals surface area contributed by atoms with Crippen LogP contribution in [0.2, 0.25) is 0 Å². The fraction of sp³-hybridized carbons (Fsp3) is 0.200. The van der Waals surface area contributed by atoms with Crippen LogP contribution in [-0.4, -0.2) is 25.9 Å².